The molecule has 0 aliphatic carbocycles. The number of nitrogens with one attached hydrogen (secondary N) is 1. The Labute approximate surface area is 116 Å². The van der Waals surface area contributed by atoms with Crippen molar-refractivity contribution in [3.8, 4) is 0 Å². The summed E-state index contributed by atoms with van der Waals surface area (Å²) in [5.41, 5.74) is 3.97. The van der Waals surface area contributed by atoms with Gasteiger partial charge < -0.3 is 14.8 Å². The van der Waals surface area contributed by atoms with Gasteiger partial charge in [-0.15, -0.1) is 0 Å². The van der Waals surface area contributed by atoms with Gasteiger partial charge in [-0.3, -0.25) is 0 Å². The van der Waals surface area contributed by atoms with Crippen molar-refractivity contribution in [2.24, 2.45) is 0 Å². The number of ether oxygens (including phenoxy) is 2. The highest BCUT2D eigenvalue weighted by molar-refractivity contribution is 5.34. The first kappa shape index (κ1) is 14.5. The third kappa shape index (κ3) is 4.03. The molecule has 1 N–H and O–H groups in total. The average molecular weight is 263 g/mol. The Morgan fingerprint density at radius 2 is 2.05 bits per heavy atom. The summed E-state index contributed by atoms with van der Waals surface area (Å²) in [6.07, 6.45) is 2.21. The minimum atomic E-state index is 0.289. The molecule has 1 aromatic rings. The lowest BCUT2D eigenvalue weighted by Gasteiger charge is -2.19. The van der Waals surface area contributed by atoms with E-state index in [2.05, 4.69) is 37.4 Å². The molecule has 106 valence electrons. The van der Waals surface area contributed by atoms with Gasteiger partial charge in [0, 0.05) is 6.61 Å². The predicted octanol–water partition coefficient (Wildman–Crippen LogP) is 3.18. The molecule has 0 amide bonds. The number of hydrogen-bond acceptors (Lipinski definition) is 3. The van der Waals surface area contributed by atoms with Crippen molar-refractivity contribution in [3.63, 3.8) is 0 Å². The molecule has 0 radical (unpaired) electrons. The van der Waals surface area contributed by atoms with Crippen LogP contribution in [0.1, 0.15) is 49.4 Å². The zero-order valence-electron chi connectivity index (χ0n) is 12.1. The zero-order chi connectivity index (χ0) is 13.5. The Hall–Kier alpha value is -0.900. The summed E-state index contributed by atoms with van der Waals surface area (Å²) in [7, 11) is 0. The van der Waals surface area contributed by atoms with Crippen LogP contribution in [-0.2, 0) is 22.7 Å². The van der Waals surface area contributed by atoms with Gasteiger partial charge in [-0.1, -0.05) is 32.0 Å². The van der Waals surface area contributed by atoms with E-state index >= 15 is 0 Å². The van der Waals surface area contributed by atoms with Crippen LogP contribution in [0.5, 0.6) is 0 Å². The SMILES string of the molecule is CCCNC(COCCC)c1ccc2c(c1)COC2. The van der Waals surface area contributed by atoms with Gasteiger partial charge in [0.2, 0.25) is 0 Å². The highest BCUT2D eigenvalue weighted by atomic mass is 16.5. The first-order valence-electron chi connectivity index (χ1n) is 7.35. The number of hydrogen-bond donors (Lipinski definition) is 1. The molecule has 19 heavy (non-hydrogen) atoms. The second kappa shape index (κ2) is 7.63. The molecule has 0 bridgehead atoms. The normalized spacial score (nSPS) is 15.5. The molecule has 1 aromatic carbocycles. The van der Waals surface area contributed by atoms with Gasteiger partial charge in [0.05, 0.1) is 25.9 Å². The summed E-state index contributed by atoms with van der Waals surface area (Å²) in [5.74, 6) is 0. The van der Waals surface area contributed by atoms with E-state index in [-0.39, 0.29) is 6.04 Å². The maximum Gasteiger partial charge on any atom is 0.0725 e. The van der Waals surface area contributed by atoms with Crippen molar-refractivity contribution in [1.29, 1.82) is 0 Å². The molecule has 1 heterocycles. The van der Waals surface area contributed by atoms with Crippen LogP contribution >= 0.6 is 0 Å². The topological polar surface area (TPSA) is 30.5 Å². The van der Waals surface area contributed by atoms with Crippen LogP contribution in [0.4, 0.5) is 0 Å². The predicted molar refractivity (Wildman–Crippen MR) is 77.1 cm³/mol. The smallest absolute Gasteiger partial charge is 0.0725 e. The van der Waals surface area contributed by atoms with Crippen LogP contribution in [-0.4, -0.2) is 19.8 Å². The molecule has 3 heteroatoms. The lowest BCUT2D eigenvalue weighted by atomic mass is 10.0. The van der Waals surface area contributed by atoms with Crippen LogP contribution in [0.25, 0.3) is 0 Å². The monoisotopic (exact) mass is 263 g/mol. The number of rotatable bonds is 8. The summed E-state index contributed by atoms with van der Waals surface area (Å²) in [6.45, 7) is 8.43. The van der Waals surface area contributed by atoms with Crippen LogP contribution in [0.3, 0.4) is 0 Å². The van der Waals surface area contributed by atoms with E-state index in [1.807, 2.05) is 0 Å². The van der Waals surface area contributed by atoms with Crippen LogP contribution < -0.4 is 5.32 Å². The van der Waals surface area contributed by atoms with Gasteiger partial charge in [0.15, 0.2) is 0 Å². The zero-order valence-corrected chi connectivity index (χ0v) is 12.1. The first-order valence-corrected chi connectivity index (χ1v) is 7.35. The molecular formula is C16H25NO2. The van der Waals surface area contributed by atoms with Crippen LogP contribution in [0, 0.1) is 0 Å². The molecule has 0 spiro atoms. The quantitative estimate of drug-likeness (QED) is 0.731. The Kier molecular flexibility index (Phi) is 5.83. The molecule has 0 saturated carbocycles. The van der Waals surface area contributed by atoms with Gasteiger partial charge >= 0.3 is 0 Å². The summed E-state index contributed by atoms with van der Waals surface area (Å²) < 4.78 is 11.2. The lowest BCUT2D eigenvalue weighted by Crippen LogP contribution is -2.26. The summed E-state index contributed by atoms with van der Waals surface area (Å²) in [5, 5.41) is 3.57. The van der Waals surface area contributed by atoms with Gasteiger partial charge in [-0.25, -0.2) is 0 Å². The number of benzene rings is 1. The molecule has 0 saturated heterocycles. The van der Waals surface area contributed by atoms with Crippen LogP contribution in [0.2, 0.25) is 0 Å². The molecule has 1 unspecified atom stereocenters. The minimum Gasteiger partial charge on any atom is -0.379 e. The first-order chi connectivity index (χ1) is 9.35. The fourth-order valence-electron chi connectivity index (χ4n) is 2.35. The van der Waals surface area contributed by atoms with E-state index in [9.17, 15) is 0 Å². The molecule has 1 aliphatic heterocycles. The Balaban J connectivity index is 2.03. The molecule has 2 rings (SSSR count). The second-order valence-corrected chi connectivity index (χ2v) is 5.10. The van der Waals surface area contributed by atoms with E-state index in [1.165, 1.54) is 16.7 Å². The van der Waals surface area contributed by atoms with E-state index in [0.717, 1.165) is 45.8 Å². The van der Waals surface area contributed by atoms with Crippen molar-refractivity contribution in [2.75, 3.05) is 19.8 Å². The van der Waals surface area contributed by atoms with Gasteiger partial charge in [0.25, 0.3) is 0 Å². The Morgan fingerprint density at radius 1 is 1.21 bits per heavy atom. The van der Waals surface area contributed by atoms with Gasteiger partial charge in [-0.05, 0) is 36.1 Å². The van der Waals surface area contributed by atoms with Crippen molar-refractivity contribution >= 4 is 0 Å². The molecule has 0 aromatic heterocycles. The van der Waals surface area contributed by atoms with Crippen molar-refractivity contribution in [3.05, 3.63) is 34.9 Å². The molecule has 1 aliphatic rings. The van der Waals surface area contributed by atoms with Gasteiger partial charge in [0.1, 0.15) is 0 Å². The summed E-state index contributed by atoms with van der Waals surface area (Å²) >= 11 is 0. The lowest BCUT2D eigenvalue weighted by molar-refractivity contribution is 0.112. The van der Waals surface area contributed by atoms with Crippen molar-refractivity contribution in [2.45, 2.75) is 45.9 Å². The highest BCUT2D eigenvalue weighted by Gasteiger charge is 2.16. The van der Waals surface area contributed by atoms with E-state index in [4.69, 9.17) is 9.47 Å². The third-order valence-corrected chi connectivity index (χ3v) is 3.42. The van der Waals surface area contributed by atoms with Crippen LogP contribution in [0.15, 0.2) is 18.2 Å². The highest BCUT2D eigenvalue weighted by Crippen LogP contribution is 2.24. The molecule has 3 nitrogen and oxygen atoms in total. The Morgan fingerprint density at radius 3 is 2.84 bits per heavy atom. The Bertz CT molecular complexity index is 392. The van der Waals surface area contributed by atoms with Gasteiger partial charge in [-0.2, -0.15) is 0 Å². The van der Waals surface area contributed by atoms with Crippen molar-refractivity contribution < 1.29 is 9.47 Å². The van der Waals surface area contributed by atoms with E-state index < -0.39 is 0 Å². The fraction of sp³-hybridized carbons (Fsp3) is 0.625. The number of fused-ring (bicyclic) bond motifs is 1. The average Bonchev–Trinajstić information content (AvgIpc) is 2.90. The standard InChI is InChI=1S/C16H25NO2/c1-3-7-17-16(12-18-8-4-2)13-5-6-14-10-19-11-15(14)9-13/h5-6,9,16-17H,3-4,7-8,10-12H2,1-2H3. The summed E-state index contributed by atoms with van der Waals surface area (Å²) in [6, 6.07) is 6.96. The molecule has 1 atom stereocenters. The molecule has 0 fully saturated rings. The van der Waals surface area contributed by atoms with E-state index in [1.54, 1.807) is 0 Å². The van der Waals surface area contributed by atoms with Crippen molar-refractivity contribution in [1.82, 2.24) is 5.32 Å². The molecular weight excluding hydrogens is 238 g/mol. The van der Waals surface area contributed by atoms with E-state index in [0.29, 0.717) is 0 Å². The third-order valence-electron chi connectivity index (χ3n) is 3.42. The maximum absolute atomic E-state index is 5.72. The summed E-state index contributed by atoms with van der Waals surface area (Å²) in [4.78, 5) is 0. The maximum atomic E-state index is 5.72. The fourth-order valence-corrected chi connectivity index (χ4v) is 2.35. The largest absolute Gasteiger partial charge is 0.379 e. The second-order valence-electron chi connectivity index (χ2n) is 5.10. The minimum absolute atomic E-state index is 0.289.